The second-order valence-electron chi connectivity index (χ2n) is 3.66. The van der Waals surface area contributed by atoms with E-state index >= 15 is 0 Å². The minimum absolute atomic E-state index is 0.407. The number of pyridine rings is 1. The molecule has 0 spiro atoms. The average Bonchev–Trinajstić information content (AvgIpc) is 2.78. The Morgan fingerprint density at radius 3 is 2.94 bits per heavy atom. The van der Waals surface area contributed by atoms with E-state index in [2.05, 4.69) is 15.1 Å². The van der Waals surface area contributed by atoms with E-state index in [1.807, 2.05) is 24.4 Å². The van der Waals surface area contributed by atoms with Crippen molar-refractivity contribution in [2.75, 3.05) is 0 Å². The van der Waals surface area contributed by atoms with E-state index in [0.29, 0.717) is 6.54 Å². The molecule has 0 fully saturated rings. The maximum atomic E-state index is 5.78. The van der Waals surface area contributed by atoms with Gasteiger partial charge in [0.05, 0.1) is 0 Å². The molecule has 3 rings (SSSR count). The van der Waals surface area contributed by atoms with Gasteiger partial charge in [0, 0.05) is 42.5 Å². The lowest BCUT2D eigenvalue weighted by Crippen LogP contribution is -1.98. The Labute approximate surface area is 97.9 Å². The van der Waals surface area contributed by atoms with Crippen molar-refractivity contribution in [2.24, 2.45) is 5.73 Å². The summed E-state index contributed by atoms with van der Waals surface area (Å²) in [5.74, 6) is 0. The minimum Gasteiger partial charge on any atom is -0.326 e. The molecule has 0 amide bonds. The van der Waals surface area contributed by atoms with Gasteiger partial charge < -0.3 is 5.73 Å². The van der Waals surface area contributed by atoms with E-state index in [1.54, 1.807) is 23.1 Å². The van der Waals surface area contributed by atoms with Gasteiger partial charge in [0.25, 0.3) is 0 Å². The third-order valence-electron chi connectivity index (χ3n) is 2.63. The molecule has 3 aromatic rings. The smallest absolute Gasteiger partial charge is 0.160 e. The fraction of sp³-hybridized carbons (Fsp3) is 0.0833. The summed E-state index contributed by atoms with van der Waals surface area (Å²) in [6.45, 7) is 0.407. The van der Waals surface area contributed by atoms with Crippen molar-refractivity contribution in [1.29, 1.82) is 0 Å². The molecule has 17 heavy (non-hydrogen) atoms. The van der Waals surface area contributed by atoms with Gasteiger partial charge in [0.1, 0.15) is 5.69 Å². The first-order chi connectivity index (χ1) is 8.40. The van der Waals surface area contributed by atoms with E-state index in [4.69, 9.17) is 5.73 Å². The quantitative estimate of drug-likeness (QED) is 0.712. The van der Waals surface area contributed by atoms with Gasteiger partial charge in [-0.15, -0.1) is 0 Å². The highest BCUT2D eigenvalue weighted by Gasteiger charge is 2.13. The van der Waals surface area contributed by atoms with Crippen LogP contribution in [-0.4, -0.2) is 19.6 Å². The number of nitrogens with zero attached hydrogens (tertiary/aromatic N) is 4. The third kappa shape index (κ3) is 1.57. The summed E-state index contributed by atoms with van der Waals surface area (Å²) in [4.78, 5) is 8.39. The second-order valence-corrected chi connectivity index (χ2v) is 3.66. The normalized spacial score (nSPS) is 10.9. The highest BCUT2D eigenvalue weighted by molar-refractivity contribution is 5.69. The molecular weight excluding hydrogens is 214 g/mol. The molecule has 0 aromatic carbocycles. The first-order valence-electron chi connectivity index (χ1n) is 5.33. The Kier molecular flexibility index (Phi) is 2.31. The molecule has 0 aliphatic carbocycles. The number of rotatable bonds is 2. The molecule has 0 saturated heterocycles. The van der Waals surface area contributed by atoms with Gasteiger partial charge in [0.15, 0.2) is 5.65 Å². The van der Waals surface area contributed by atoms with Crippen LogP contribution < -0.4 is 5.73 Å². The summed E-state index contributed by atoms with van der Waals surface area (Å²) in [5.41, 5.74) is 9.33. The zero-order valence-electron chi connectivity index (χ0n) is 9.11. The zero-order valence-corrected chi connectivity index (χ0v) is 9.11. The molecule has 2 N–H and O–H groups in total. The number of hydrogen-bond acceptors (Lipinski definition) is 4. The predicted octanol–water partition coefficient (Wildman–Crippen LogP) is 1.25. The first kappa shape index (κ1) is 9.92. The van der Waals surface area contributed by atoms with Crippen LogP contribution >= 0.6 is 0 Å². The third-order valence-corrected chi connectivity index (χ3v) is 2.63. The summed E-state index contributed by atoms with van der Waals surface area (Å²) in [5, 5.41) is 4.49. The van der Waals surface area contributed by atoms with Crippen molar-refractivity contribution in [2.45, 2.75) is 6.54 Å². The van der Waals surface area contributed by atoms with Crippen LogP contribution in [0.3, 0.4) is 0 Å². The number of nitrogens with two attached hydrogens (primary N) is 1. The molecule has 5 nitrogen and oxygen atoms in total. The topological polar surface area (TPSA) is 69.1 Å². The molecule has 0 unspecified atom stereocenters. The molecular formula is C12H11N5. The Balaban J connectivity index is 2.30. The largest absolute Gasteiger partial charge is 0.326 e. The van der Waals surface area contributed by atoms with Crippen LogP contribution in [0, 0.1) is 0 Å². The standard InChI is InChI=1S/C12H11N5/c13-7-10-11(9-3-1-4-14-8-9)16-17-6-2-5-15-12(10)17/h1-6,8H,7,13H2. The molecule has 0 aliphatic heterocycles. The SMILES string of the molecule is NCc1c(-c2cccnc2)nn2cccnc12. The van der Waals surface area contributed by atoms with Crippen LogP contribution in [-0.2, 0) is 6.54 Å². The number of fused-ring (bicyclic) bond motifs is 1. The zero-order chi connectivity index (χ0) is 11.7. The minimum atomic E-state index is 0.407. The molecule has 0 aliphatic rings. The van der Waals surface area contributed by atoms with Crippen molar-refractivity contribution in [3.63, 3.8) is 0 Å². The molecule has 3 heterocycles. The van der Waals surface area contributed by atoms with Crippen LogP contribution in [0.25, 0.3) is 16.9 Å². The van der Waals surface area contributed by atoms with Crippen molar-refractivity contribution in [3.8, 4) is 11.3 Å². The van der Waals surface area contributed by atoms with E-state index in [0.717, 1.165) is 22.5 Å². The van der Waals surface area contributed by atoms with Crippen molar-refractivity contribution in [3.05, 3.63) is 48.5 Å². The van der Waals surface area contributed by atoms with E-state index in [1.165, 1.54) is 0 Å². The molecule has 84 valence electrons. The summed E-state index contributed by atoms with van der Waals surface area (Å²) >= 11 is 0. The highest BCUT2D eigenvalue weighted by Crippen LogP contribution is 2.23. The number of aromatic nitrogens is 4. The van der Waals surface area contributed by atoms with Crippen molar-refractivity contribution in [1.82, 2.24) is 19.6 Å². The Morgan fingerprint density at radius 2 is 2.18 bits per heavy atom. The van der Waals surface area contributed by atoms with Gasteiger partial charge in [-0.3, -0.25) is 4.98 Å². The average molecular weight is 225 g/mol. The summed E-state index contributed by atoms with van der Waals surface area (Å²) in [6.07, 6.45) is 7.12. The lowest BCUT2D eigenvalue weighted by molar-refractivity contribution is 0.942. The summed E-state index contributed by atoms with van der Waals surface area (Å²) in [6, 6.07) is 5.69. The first-order valence-corrected chi connectivity index (χ1v) is 5.33. The van der Waals surface area contributed by atoms with Crippen LogP contribution in [0.4, 0.5) is 0 Å². The molecule has 0 saturated carbocycles. The fourth-order valence-corrected chi connectivity index (χ4v) is 1.86. The Hall–Kier alpha value is -2.27. The van der Waals surface area contributed by atoms with Crippen LogP contribution in [0.5, 0.6) is 0 Å². The molecule has 0 atom stereocenters. The summed E-state index contributed by atoms with van der Waals surface area (Å²) < 4.78 is 1.74. The molecule has 0 radical (unpaired) electrons. The van der Waals surface area contributed by atoms with Crippen LogP contribution in [0.15, 0.2) is 43.0 Å². The number of hydrogen-bond donors (Lipinski definition) is 1. The maximum Gasteiger partial charge on any atom is 0.160 e. The van der Waals surface area contributed by atoms with E-state index in [9.17, 15) is 0 Å². The molecule has 0 bridgehead atoms. The van der Waals surface area contributed by atoms with Crippen molar-refractivity contribution < 1.29 is 0 Å². The maximum absolute atomic E-state index is 5.78. The second kappa shape index (κ2) is 3.95. The van der Waals surface area contributed by atoms with Gasteiger partial charge in [0.2, 0.25) is 0 Å². The predicted molar refractivity (Wildman–Crippen MR) is 64.1 cm³/mol. The van der Waals surface area contributed by atoms with Gasteiger partial charge in [-0.2, -0.15) is 5.10 Å². The van der Waals surface area contributed by atoms with Crippen LogP contribution in [0.1, 0.15) is 5.56 Å². The lowest BCUT2D eigenvalue weighted by Gasteiger charge is -1.98. The van der Waals surface area contributed by atoms with E-state index in [-0.39, 0.29) is 0 Å². The highest BCUT2D eigenvalue weighted by atomic mass is 15.2. The van der Waals surface area contributed by atoms with Gasteiger partial charge in [-0.05, 0) is 18.2 Å². The van der Waals surface area contributed by atoms with Crippen LogP contribution in [0.2, 0.25) is 0 Å². The molecule has 3 aromatic heterocycles. The Bertz CT molecular complexity index is 644. The van der Waals surface area contributed by atoms with Gasteiger partial charge in [-0.1, -0.05) is 0 Å². The van der Waals surface area contributed by atoms with E-state index < -0.39 is 0 Å². The fourth-order valence-electron chi connectivity index (χ4n) is 1.86. The van der Waals surface area contributed by atoms with Gasteiger partial charge >= 0.3 is 0 Å². The summed E-state index contributed by atoms with van der Waals surface area (Å²) in [7, 11) is 0. The Morgan fingerprint density at radius 1 is 1.24 bits per heavy atom. The van der Waals surface area contributed by atoms with Crippen molar-refractivity contribution >= 4 is 5.65 Å². The van der Waals surface area contributed by atoms with Gasteiger partial charge in [-0.25, -0.2) is 9.50 Å². The lowest BCUT2D eigenvalue weighted by atomic mass is 10.1. The monoisotopic (exact) mass is 225 g/mol. The molecule has 5 heteroatoms.